The van der Waals surface area contributed by atoms with Crippen LogP contribution in [0, 0.1) is 0 Å². The number of hydrogen-bond acceptors (Lipinski definition) is 1. The first-order chi connectivity index (χ1) is 10.7. The van der Waals surface area contributed by atoms with Crippen molar-refractivity contribution >= 4 is 60.7 Å². The minimum atomic E-state index is 0.123. The highest BCUT2D eigenvalue weighted by Gasteiger charge is 2.27. The van der Waals surface area contributed by atoms with Gasteiger partial charge in [0.1, 0.15) is 0 Å². The van der Waals surface area contributed by atoms with Crippen molar-refractivity contribution in [2.75, 3.05) is 0 Å². The summed E-state index contributed by atoms with van der Waals surface area (Å²) in [6.45, 7) is 0. The highest BCUT2D eigenvalue weighted by molar-refractivity contribution is 14.1. The highest BCUT2D eigenvalue weighted by Crippen LogP contribution is 2.40. The lowest BCUT2D eigenvalue weighted by Gasteiger charge is -2.23. The van der Waals surface area contributed by atoms with E-state index in [1.54, 1.807) is 0 Å². The second-order valence-corrected chi connectivity index (χ2v) is 7.63. The van der Waals surface area contributed by atoms with E-state index in [1.807, 2.05) is 0 Å². The van der Waals surface area contributed by atoms with Crippen LogP contribution in [0.4, 0.5) is 0 Å². The largest absolute Gasteiger partial charge is 0.293 e. The molecule has 5 rings (SSSR count). The van der Waals surface area contributed by atoms with E-state index in [9.17, 15) is 4.79 Å². The molecule has 0 saturated carbocycles. The molecular weight excluding hydrogens is 383 g/mol. The summed E-state index contributed by atoms with van der Waals surface area (Å²) in [6.07, 6.45) is 1.96. The van der Waals surface area contributed by atoms with Crippen molar-refractivity contribution in [2.24, 2.45) is 0 Å². The quantitative estimate of drug-likeness (QED) is 0.217. The number of fused-ring (bicyclic) bond motifs is 2. The maximum atomic E-state index is 12.6. The zero-order valence-corrected chi connectivity index (χ0v) is 14.1. The number of halogens is 1. The van der Waals surface area contributed by atoms with Crippen LogP contribution in [0.5, 0.6) is 0 Å². The van der Waals surface area contributed by atoms with Gasteiger partial charge in [-0.15, -0.1) is 0 Å². The summed E-state index contributed by atoms with van der Waals surface area (Å²) in [5, 5.41) is 7.69. The second-order valence-electron chi connectivity index (χ2n) is 6.13. The van der Waals surface area contributed by atoms with Crippen LogP contribution < -0.4 is 0 Å². The van der Waals surface area contributed by atoms with Crippen LogP contribution in [0.3, 0.4) is 0 Å². The van der Waals surface area contributed by atoms with Crippen molar-refractivity contribution in [3.05, 3.63) is 59.7 Å². The average Bonchev–Trinajstić information content (AvgIpc) is 2.56. The molecule has 0 bridgehead atoms. The Morgan fingerprint density at radius 2 is 1.64 bits per heavy atom. The number of alkyl halides is 1. The first-order valence-electron chi connectivity index (χ1n) is 7.62. The molecule has 1 aliphatic rings. The molecule has 1 unspecified atom stereocenters. The van der Waals surface area contributed by atoms with Gasteiger partial charge in [-0.2, -0.15) is 0 Å². The SMILES string of the molecule is O=C1c2cc3ccc4cccc5ccc(c2CCC1I)c3c45. The van der Waals surface area contributed by atoms with Crippen molar-refractivity contribution in [1.29, 1.82) is 0 Å². The van der Waals surface area contributed by atoms with Crippen molar-refractivity contribution < 1.29 is 4.79 Å². The van der Waals surface area contributed by atoms with Crippen LogP contribution in [0.1, 0.15) is 22.3 Å². The highest BCUT2D eigenvalue weighted by atomic mass is 127. The third-order valence-corrected chi connectivity index (χ3v) is 6.15. The van der Waals surface area contributed by atoms with Crippen LogP contribution in [0.25, 0.3) is 32.3 Å². The van der Waals surface area contributed by atoms with E-state index in [2.05, 4.69) is 71.1 Å². The van der Waals surface area contributed by atoms with Crippen LogP contribution in [0.2, 0.25) is 0 Å². The molecule has 0 aliphatic heterocycles. The number of ketones is 1. The van der Waals surface area contributed by atoms with E-state index in [4.69, 9.17) is 0 Å². The molecule has 1 aliphatic carbocycles. The van der Waals surface area contributed by atoms with Crippen LogP contribution in [-0.2, 0) is 6.42 Å². The second kappa shape index (κ2) is 4.42. The van der Waals surface area contributed by atoms with E-state index >= 15 is 0 Å². The van der Waals surface area contributed by atoms with E-state index in [0.29, 0.717) is 5.78 Å². The normalized spacial score (nSPS) is 18.4. The monoisotopic (exact) mass is 396 g/mol. The number of rotatable bonds is 0. The maximum Gasteiger partial charge on any atom is 0.175 e. The summed E-state index contributed by atoms with van der Waals surface area (Å²) in [6, 6.07) is 17.3. The lowest BCUT2D eigenvalue weighted by molar-refractivity contribution is 0.0985. The summed E-state index contributed by atoms with van der Waals surface area (Å²) in [4.78, 5) is 12.6. The van der Waals surface area contributed by atoms with Crippen LogP contribution in [0.15, 0.2) is 48.5 Å². The van der Waals surface area contributed by atoms with Gasteiger partial charge in [-0.05, 0) is 56.8 Å². The van der Waals surface area contributed by atoms with Gasteiger partial charge < -0.3 is 0 Å². The summed E-state index contributed by atoms with van der Waals surface area (Å²) in [5.41, 5.74) is 2.19. The molecule has 1 nitrogen and oxygen atoms in total. The van der Waals surface area contributed by atoms with Crippen LogP contribution in [-0.4, -0.2) is 9.71 Å². The Morgan fingerprint density at radius 3 is 2.45 bits per heavy atom. The van der Waals surface area contributed by atoms with Gasteiger partial charge in [0.25, 0.3) is 0 Å². The van der Waals surface area contributed by atoms with Crippen LogP contribution >= 0.6 is 22.6 Å². The van der Waals surface area contributed by atoms with Crippen molar-refractivity contribution in [2.45, 2.75) is 16.8 Å². The third kappa shape index (κ3) is 1.56. The molecule has 4 aromatic carbocycles. The number of Topliss-reactive ketones (excluding diaryl/α,β-unsaturated/α-hetero) is 1. The zero-order chi connectivity index (χ0) is 14.8. The van der Waals surface area contributed by atoms with E-state index < -0.39 is 0 Å². The Bertz CT molecular complexity index is 1050. The molecule has 0 N–H and O–H groups in total. The molecule has 0 aromatic heterocycles. The summed E-state index contributed by atoms with van der Waals surface area (Å²) in [7, 11) is 0. The van der Waals surface area contributed by atoms with Gasteiger partial charge in [0.2, 0.25) is 0 Å². The topological polar surface area (TPSA) is 17.1 Å². The average molecular weight is 396 g/mol. The third-order valence-electron chi connectivity index (χ3n) is 4.96. The van der Waals surface area contributed by atoms with E-state index in [-0.39, 0.29) is 3.92 Å². The standard InChI is InChI=1S/C20H13IO/c21-17-9-8-14-15-7-6-12-3-1-2-11-4-5-13(19(15)18(11)12)10-16(14)20(17)22/h1-7,10,17H,8-9H2. The van der Waals surface area contributed by atoms with Crippen molar-refractivity contribution in [3.63, 3.8) is 0 Å². The van der Waals surface area contributed by atoms with E-state index in [0.717, 1.165) is 18.4 Å². The predicted octanol–water partition coefficient (Wildman–Crippen LogP) is 5.52. The smallest absolute Gasteiger partial charge is 0.175 e. The zero-order valence-electron chi connectivity index (χ0n) is 11.9. The van der Waals surface area contributed by atoms with Crippen molar-refractivity contribution in [1.82, 2.24) is 0 Å². The molecular formula is C20H13IO. The fourth-order valence-electron chi connectivity index (χ4n) is 3.93. The minimum Gasteiger partial charge on any atom is -0.293 e. The van der Waals surface area contributed by atoms with Gasteiger partial charge in [-0.1, -0.05) is 65.1 Å². The van der Waals surface area contributed by atoms with Gasteiger partial charge in [0, 0.05) is 5.56 Å². The molecule has 2 heteroatoms. The van der Waals surface area contributed by atoms with Gasteiger partial charge in [-0.25, -0.2) is 0 Å². The Hall–Kier alpha value is -1.68. The molecule has 0 fully saturated rings. The Kier molecular flexibility index (Phi) is 2.57. The molecule has 22 heavy (non-hydrogen) atoms. The predicted molar refractivity (Wildman–Crippen MR) is 101 cm³/mol. The number of carbonyl (C=O) groups excluding carboxylic acids is 1. The summed E-state index contributed by atoms with van der Waals surface area (Å²) >= 11 is 2.29. The molecule has 1 atom stereocenters. The maximum absolute atomic E-state index is 12.6. The molecule has 0 radical (unpaired) electrons. The Balaban J connectivity index is 2.04. The van der Waals surface area contributed by atoms with E-state index in [1.165, 1.54) is 37.9 Å². The van der Waals surface area contributed by atoms with Gasteiger partial charge >= 0.3 is 0 Å². The Morgan fingerprint density at radius 1 is 0.909 bits per heavy atom. The van der Waals surface area contributed by atoms with Gasteiger partial charge in [-0.3, -0.25) is 4.79 Å². The first-order valence-corrected chi connectivity index (χ1v) is 8.86. The number of aryl methyl sites for hydroxylation is 1. The fraction of sp³-hybridized carbons (Fsp3) is 0.150. The van der Waals surface area contributed by atoms with Crippen molar-refractivity contribution in [3.8, 4) is 0 Å². The number of hydrogen-bond donors (Lipinski definition) is 0. The minimum absolute atomic E-state index is 0.123. The van der Waals surface area contributed by atoms with Gasteiger partial charge in [0.05, 0.1) is 3.92 Å². The lowest BCUT2D eigenvalue weighted by atomic mass is 9.83. The Labute approximate surface area is 141 Å². The first kappa shape index (κ1) is 12.8. The van der Waals surface area contributed by atoms with Gasteiger partial charge in [0.15, 0.2) is 5.78 Å². The molecule has 0 saturated heterocycles. The molecule has 4 aromatic rings. The number of carbonyl (C=O) groups is 1. The molecule has 0 heterocycles. The number of benzene rings is 4. The summed E-state index contributed by atoms with van der Waals surface area (Å²) in [5.74, 6) is 0.298. The fourth-order valence-corrected chi connectivity index (χ4v) is 4.58. The molecule has 106 valence electrons. The summed E-state index contributed by atoms with van der Waals surface area (Å²) < 4.78 is 0.123. The molecule has 0 spiro atoms. The lowest BCUT2D eigenvalue weighted by Crippen LogP contribution is -2.22. The molecule has 0 amide bonds.